The monoisotopic (exact) mass is 468 g/mol. The van der Waals surface area contributed by atoms with Gasteiger partial charge in [-0.05, 0) is 43.9 Å². The highest BCUT2D eigenvalue weighted by atomic mass is 16.6. The Balaban J connectivity index is 1.62. The first-order valence-electron chi connectivity index (χ1n) is 11.1. The summed E-state index contributed by atoms with van der Waals surface area (Å²) in [4.78, 5) is 45.1. The van der Waals surface area contributed by atoms with Gasteiger partial charge in [0.05, 0.1) is 17.4 Å². The standard InChI is InChI=1S/C23H24N4O7/c1-3-14-11-19(28)34-18-12-16(5-6-17(14)18)33-22-20(27(30)31)21(24-13-25-22)26-9-7-15(8-10-26)23(29)32-4-2/h5-6,11-13,15H,3-4,7-10H2,1-2H3. The molecule has 1 saturated heterocycles. The Hall–Kier alpha value is -4.02. The average Bonchev–Trinajstić information content (AvgIpc) is 2.83. The number of ether oxygens (including phenoxy) is 2. The fraction of sp³-hybridized carbons (Fsp3) is 0.391. The van der Waals surface area contributed by atoms with Crippen LogP contribution in [0, 0.1) is 16.0 Å². The first-order valence-corrected chi connectivity index (χ1v) is 11.1. The van der Waals surface area contributed by atoms with E-state index in [0.717, 1.165) is 10.9 Å². The van der Waals surface area contributed by atoms with Gasteiger partial charge < -0.3 is 18.8 Å². The molecule has 3 aromatic rings. The summed E-state index contributed by atoms with van der Waals surface area (Å²) >= 11 is 0. The number of carbonyl (C=O) groups is 1. The SMILES string of the molecule is CCOC(=O)C1CCN(c2ncnc(Oc3ccc4c(CC)cc(=O)oc4c3)c2[N+](=O)[O-])CC1. The molecule has 0 amide bonds. The van der Waals surface area contributed by atoms with E-state index in [1.54, 1.807) is 24.0 Å². The van der Waals surface area contributed by atoms with Crippen LogP contribution in [-0.2, 0) is 16.0 Å². The van der Waals surface area contributed by atoms with Gasteiger partial charge in [0.1, 0.15) is 17.7 Å². The van der Waals surface area contributed by atoms with Gasteiger partial charge in [0.25, 0.3) is 0 Å². The zero-order valence-electron chi connectivity index (χ0n) is 18.9. The molecule has 0 bridgehead atoms. The number of fused-ring (bicyclic) bond motifs is 1. The Kier molecular flexibility index (Phi) is 6.71. The molecule has 0 atom stereocenters. The van der Waals surface area contributed by atoms with E-state index in [-0.39, 0.29) is 35.0 Å². The molecule has 0 saturated carbocycles. The van der Waals surface area contributed by atoms with Gasteiger partial charge in [0, 0.05) is 30.6 Å². The van der Waals surface area contributed by atoms with Crippen LogP contribution < -0.4 is 15.3 Å². The van der Waals surface area contributed by atoms with Crippen molar-refractivity contribution in [3.05, 3.63) is 56.7 Å². The molecule has 34 heavy (non-hydrogen) atoms. The van der Waals surface area contributed by atoms with Crippen LogP contribution in [0.1, 0.15) is 32.3 Å². The number of hydrogen-bond donors (Lipinski definition) is 0. The number of nitrogens with zero attached hydrogens (tertiary/aromatic N) is 4. The third-order valence-corrected chi connectivity index (χ3v) is 5.76. The topological polar surface area (TPSA) is 138 Å². The van der Waals surface area contributed by atoms with Gasteiger partial charge in [-0.3, -0.25) is 14.9 Å². The van der Waals surface area contributed by atoms with Crippen LogP contribution in [-0.4, -0.2) is 40.6 Å². The predicted octanol–water partition coefficient (Wildman–Crippen LogP) is 3.63. The average molecular weight is 468 g/mol. The molecular weight excluding hydrogens is 444 g/mol. The Morgan fingerprint density at radius 3 is 2.68 bits per heavy atom. The van der Waals surface area contributed by atoms with Crippen LogP contribution in [0.5, 0.6) is 11.6 Å². The molecule has 4 rings (SSSR count). The van der Waals surface area contributed by atoms with E-state index < -0.39 is 10.5 Å². The number of rotatable bonds is 7. The van der Waals surface area contributed by atoms with Crippen LogP contribution in [0.2, 0.25) is 0 Å². The van der Waals surface area contributed by atoms with Crippen molar-refractivity contribution in [3.8, 4) is 11.6 Å². The second-order valence-corrected chi connectivity index (χ2v) is 7.83. The molecule has 0 aliphatic carbocycles. The van der Waals surface area contributed by atoms with Crippen molar-refractivity contribution in [3.63, 3.8) is 0 Å². The van der Waals surface area contributed by atoms with Crippen LogP contribution in [0.3, 0.4) is 0 Å². The Morgan fingerprint density at radius 1 is 1.24 bits per heavy atom. The third-order valence-electron chi connectivity index (χ3n) is 5.76. The highest BCUT2D eigenvalue weighted by molar-refractivity contribution is 5.81. The Morgan fingerprint density at radius 2 is 2.00 bits per heavy atom. The zero-order chi connectivity index (χ0) is 24.2. The Labute approximate surface area is 194 Å². The highest BCUT2D eigenvalue weighted by Gasteiger charge is 2.33. The number of piperidine rings is 1. The van der Waals surface area contributed by atoms with Gasteiger partial charge in [-0.25, -0.2) is 9.78 Å². The molecule has 11 nitrogen and oxygen atoms in total. The molecule has 1 aliphatic heterocycles. The summed E-state index contributed by atoms with van der Waals surface area (Å²) in [6.07, 6.45) is 2.85. The second kappa shape index (κ2) is 9.86. The summed E-state index contributed by atoms with van der Waals surface area (Å²) in [6, 6.07) is 6.32. The number of benzene rings is 1. The predicted molar refractivity (Wildman–Crippen MR) is 122 cm³/mol. The Bertz CT molecular complexity index is 1280. The lowest BCUT2D eigenvalue weighted by Crippen LogP contribution is -2.37. The van der Waals surface area contributed by atoms with Gasteiger partial charge >= 0.3 is 23.2 Å². The number of nitro groups is 1. The van der Waals surface area contributed by atoms with E-state index in [1.807, 2.05) is 6.92 Å². The number of hydrogen-bond acceptors (Lipinski definition) is 10. The molecule has 2 aromatic heterocycles. The van der Waals surface area contributed by atoms with E-state index in [1.165, 1.54) is 18.5 Å². The van der Waals surface area contributed by atoms with Crippen LogP contribution in [0.25, 0.3) is 11.0 Å². The van der Waals surface area contributed by atoms with Gasteiger partial charge in [0.15, 0.2) is 0 Å². The van der Waals surface area contributed by atoms with Gasteiger partial charge in [-0.2, -0.15) is 4.98 Å². The maximum atomic E-state index is 12.0. The molecular formula is C23H24N4O7. The van der Waals surface area contributed by atoms with Crippen molar-refractivity contribution >= 4 is 28.4 Å². The van der Waals surface area contributed by atoms with Crippen molar-refractivity contribution in [1.82, 2.24) is 9.97 Å². The van der Waals surface area contributed by atoms with Gasteiger partial charge in [0.2, 0.25) is 5.82 Å². The summed E-state index contributed by atoms with van der Waals surface area (Å²) in [6.45, 7) is 4.81. The fourth-order valence-electron chi connectivity index (χ4n) is 4.08. The number of esters is 1. The minimum atomic E-state index is -0.585. The van der Waals surface area contributed by atoms with Crippen LogP contribution >= 0.6 is 0 Å². The lowest BCUT2D eigenvalue weighted by molar-refractivity contribution is -0.385. The molecule has 1 aromatic carbocycles. The molecule has 178 valence electrons. The maximum Gasteiger partial charge on any atom is 0.373 e. The van der Waals surface area contributed by atoms with Crippen molar-refractivity contribution in [1.29, 1.82) is 0 Å². The number of carbonyl (C=O) groups excluding carboxylic acids is 1. The minimum absolute atomic E-state index is 0.123. The molecule has 1 aliphatic rings. The second-order valence-electron chi connectivity index (χ2n) is 7.83. The summed E-state index contributed by atoms with van der Waals surface area (Å²) in [5, 5.41) is 12.7. The van der Waals surface area contributed by atoms with Crippen molar-refractivity contribution in [2.24, 2.45) is 5.92 Å². The number of anilines is 1. The van der Waals surface area contributed by atoms with E-state index in [0.29, 0.717) is 44.5 Å². The van der Waals surface area contributed by atoms with E-state index in [4.69, 9.17) is 13.9 Å². The first-order chi connectivity index (χ1) is 16.4. The van der Waals surface area contributed by atoms with Crippen molar-refractivity contribution < 1.29 is 23.6 Å². The van der Waals surface area contributed by atoms with E-state index in [9.17, 15) is 19.7 Å². The first kappa shape index (κ1) is 23.1. The molecule has 0 spiro atoms. The van der Waals surface area contributed by atoms with E-state index >= 15 is 0 Å². The number of aromatic nitrogens is 2. The summed E-state index contributed by atoms with van der Waals surface area (Å²) in [5.74, 6) is -0.364. The normalized spacial score (nSPS) is 14.2. The molecule has 0 radical (unpaired) electrons. The summed E-state index contributed by atoms with van der Waals surface area (Å²) in [7, 11) is 0. The van der Waals surface area contributed by atoms with Crippen LogP contribution in [0.4, 0.5) is 11.5 Å². The molecule has 11 heteroatoms. The van der Waals surface area contributed by atoms with E-state index in [2.05, 4.69) is 9.97 Å². The fourth-order valence-corrected chi connectivity index (χ4v) is 4.08. The molecule has 1 fully saturated rings. The summed E-state index contributed by atoms with van der Waals surface area (Å²) in [5.41, 5.74) is 0.295. The highest BCUT2D eigenvalue weighted by Crippen LogP contribution is 2.38. The minimum Gasteiger partial charge on any atom is -0.466 e. The van der Waals surface area contributed by atoms with Gasteiger partial charge in [-0.1, -0.05) is 6.92 Å². The van der Waals surface area contributed by atoms with Crippen molar-refractivity contribution in [2.75, 3.05) is 24.6 Å². The molecule has 0 unspecified atom stereocenters. The van der Waals surface area contributed by atoms with Crippen LogP contribution in [0.15, 0.2) is 39.8 Å². The lowest BCUT2D eigenvalue weighted by Gasteiger charge is -2.31. The quantitative estimate of drug-likeness (QED) is 0.219. The maximum absolute atomic E-state index is 12.0. The van der Waals surface area contributed by atoms with Crippen molar-refractivity contribution in [2.45, 2.75) is 33.1 Å². The van der Waals surface area contributed by atoms with Gasteiger partial charge in [-0.15, -0.1) is 0 Å². The summed E-state index contributed by atoms with van der Waals surface area (Å²) < 4.78 is 16.1. The largest absolute Gasteiger partial charge is 0.466 e. The lowest BCUT2D eigenvalue weighted by atomic mass is 9.97. The number of aryl methyl sites for hydroxylation is 1. The smallest absolute Gasteiger partial charge is 0.373 e. The third kappa shape index (κ3) is 4.68. The molecule has 0 N–H and O–H groups in total. The molecule has 3 heterocycles. The zero-order valence-corrected chi connectivity index (χ0v) is 18.9.